The minimum absolute atomic E-state index is 0.0957. The Hall–Kier alpha value is -4.53. The maximum Gasteiger partial charge on any atom is 0.440 e. The van der Waals surface area contributed by atoms with Crippen molar-refractivity contribution in [3.8, 4) is 16.9 Å². The molecule has 0 aromatic heterocycles. The molecule has 1 aliphatic carbocycles. The van der Waals surface area contributed by atoms with Gasteiger partial charge in [0.15, 0.2) is 0 Å². The number of rotatable bonds is 8. The van der Waals surface area contributed by atoms with Crippen molar-refractivity contribution in [3.05, 3.63) is 89.5 Å². The Kier molecular flexibility index (Phi) is 8.93. The van der Waals surface area contributed by atoms with Crippen LogP contribution in [0.15, 0.2) is 72.8 Å². The van der Waals surface area contributed by atoms with Crippen LogP contribution in [0.1, 0.15) is 56.2 Å². The Morgan fingerprint density at radius 2 is 1.45 bits per heavy atom. The summed E-state index contributed by atoms with van der Waals surface area (Å²) in [6, 6.07) is 23.0. The number of hydroxylamine groups is 1. The highest BCUT2D eigenvalue weighted by Crippen LogP contribution is 2.44. The number of hydrogen-bond donors (Lipinski definition) is 2. The van der Waals surface area contributed by atoms with Gasteiger partial charge in [-0.25, -0.2) is 14.4 Å². The van der Waals surface area contributed by atoms with Crippen LogP contribution in [0.25, 0.3) is 11.1 Å². The van der Waals surface area contributed by atoms with Crippen LogP contribution >= 0.6 is 0 Å². The third-order valence-corrected chi connectivity index (χ3v) is 6.35. The summed E-state index contributed by atoms with van der Waals surface area (Å²) >= 11 is 0. The molecular weight excluding hydrogens is 512 g/mol. The van der Waals surface area contributed by atoms with Crippen LogP contribution in [0.5, 0.6) is 5.75 Å². The first kappa shape index (κ1) is 28.5. The summed E-state index contributed by atoms with van der Waals surface area (Å²) in [5, 5.41) is 2.62. The molecule has 9 heteroatoms. The molecule has 0 unspecified atom stereocenters. The number of alkyl carbamates (subject to hydrolysis) is 1. The Balaban J connectivity index is 1.20. The van der Waals surface area contributed by atoms with Gasteiger partial charge >= 0.3 is 18.2 Å². The molecule has 2 amide bonds. The number of nitrogens with one attached hydrogen (secondary N) is 2. The van der Waals surface area contributed by atoms with Crippen molar-refractivity contribution in [1.29, 1.82) is 0 Å². The van der Waals surface area contributed by atoms with Crippen molar-refractivity contribution < 1.29 is 33.4 Å². The molecule has 210 valence electrons. The van der Waals surface area contributed by atoms with Crippen molar-refractivity contribution in [2.75, 3.05) is 19.8 Å². The van der Waals surface area contributed by atoms with Crippen molar-refractivity contribution in [3.63, 3.8) is 0 Å². The van der Waals surface area contributed by atoms with Gasteiger partial charge in [0.2, 0.25) is 0 Å². The Bertz CT molecular complexity index is 1300. The zero-order valence-electron chi connectivity index (χ0n) is 23.1. The fourth-order valence-corrected chi connectivity index (χ4v) is 4.43. The van der Waals surface area contributed by atoms with Gasteiger partial charge in [-0.3, -0.25) is 0 Å². The largest absolute Gasteiger partial charge is 0.492 e. The number of hydrogen-bond acceptors (Lipinski definition) is 7. The minimum atomic E-state index is -0.842. The number of ether oxygens (including phenoxy) is 3. The van der Waals surface area contributed by atoms with Crippen LogP contribution in [0, 0.1) is 0 Å². The predicted molar refractivity (Wildman–Crippen MR) is 149 cm³/mol. The molecule has 0 aliphatic heterocycles. The molecule has 0 saturated carbocycles. The number of benzene rings is 3. The van der Waals surface area contributed by atoms with Crippen molar-refractivity contribution in [2.24, 2.45) is 0 Å². The fourth-order valence-electron chi connectivity index (χ4n) is 4.43. The molecule has 3 aromatic rings. The summed E-state index contributed by atoms with van der Waals surface area (Å²) in [5.74, 6) is -0.797. The van der Waals surface area contributed by atoms with Crippen LogP contribution in [0.3, 0.4) is 0 Å². The Labute approximate surface area is 233 Å². The summed E-state index contributed by atoms with van der Waals surface area (Å²) in [6.07, 6.45) is -1.35. The molecular formula is C31H34N2O7. The zero-order chi connectivity index (χ0) is 28.7. The summed E-state index contributed by atoms with van der Waals surface area (Å²) in [7, 11) is 0. The van der Waals surface area contributed by atoms with E-state index >= 15 is 0 Å². The van der Waals surface area contributed by atoms with E-state index in [2.05, 4.69) is 22.9 Å². The molecule has 0 radical (unpaired) electrons. The van der Waals surface area contributed by atoms with Gasteiger partial charge in [0.25, 0.3) is 0 Å². The van der Waals surface area contributed by atoms with E-state index in [1.54, 1.807) is 52.0 Å². The number of fused-ring (bicyclic) bond motifs is 3. The molecule has 40 heavy (non-hydrogen) atoms. The second kappa shape index (κ2) is 12.5. The average Bonchev–Trinajstić information content (AvgIpc) is 3.25. The highest BCUT2D eigenvalue weighted by Gasteiger charge is 2.29. The van der Waals surface area contributed by atoms with E-state index in [-0.39, 0.29) is 25.7 Å². The van der Waals surface area contributed by atoms with Crippen LogP contribution in [-0.2, 0) is 19.1 Å². The highest BCUT2D eigenvalue weighted by molar-refractivity contribution is 5.80. The van der Waals surface area contributed by atoms with Gasteiger partial charge in [-0.2, -0.15) is 0 Å². The molecule has 2 N–H and O–H groups in total. The lowest BCUT2D eigenvalue weighted by Crippen LogP contribution is -2.34. The van der Waals surface area contributed by atoms with Crippen molar-refractivity contribution in [1.82, 2.24) is 10.8 Å². The third kappa shape index (κ3) is 7.31. The topological polar surface area (TPSA) is 112 Å². The first-order chi connectivity index (χ1) is 19.1. The monoisotopic (exact) mass is 546 g/mol. The predicted octanol–water partition coefficient (Wildman–Crippen LogP) is 5.69. The van der Waals surface area contributed by atoms with E-state index < -0.39 is 29.7 Å². The van der Waals surface area contributed by atoms with E-state index in [1.807, 2.05) is 36.4 Å². The quantitative estimate of drug-likeness (QED) is 0.212. The molecule has 0 bridgehead atoms. The Morgan fingerprint density at radius 3 is 2.05 bits per heavy atom. The maximum atomic E-state index is 12.5. The molecule has 4 rings (SSSR count). The average molecular weight is 547 g/mol. The van der Waals surface area contributed by atoms with Gasteiger partial charge < -0.3 is 24.4 Å². The molecule has 0 heterocycles. The standard InChI is InChI=1S/C31H34N2O7/c1-20(21-13-15-22(16-14-21)37-18-17-32-29(35)39-31(2,3)4)28(34)40-33-30(36)38-19-27-25-11-7-5-9-23(25)24-10-6-8-12-26(24)27/h5-16,20,27H,17-19H2,1-4H3,(H,32,35)(H,33,36)/t20-/m1/s1. The molecule has 9 nitrogen and oxygen atoms in total. The summed E-state index contributed by atoms with van der Waals surface area (Å²) in [6.45, 7) is 7.68. The molecule has 3 aromatic carbocycles. The van der Waals surface area contributed by atoms with Gasteiger partial charge in [0, 0.05) is 5.92 Å². The van der Waals surface area contributed by atoms with Crippen molar-refractivity contribution in [2.45, 2.75) is 45.1 Å². The van der Waals surface area contributed by atoms with E-state index in [9.17, 15) is 14.4 Å². The van der Waals surface area contributed by atoms with E-state index in [4.69, 9.17) is 19.0 Å². The number of carbonyl (C=O) groups is 3. The van der Waals surface area contributed by atoms with E-state index in [0.29, 0.717) is 11.3 Å². The molecule has 0 spiro atoms. The molecule has 1 atom stereocenters. The smallest absolute Gasteiger partial charge is 0.440 e. The zero-order valence-corrected chi connectivity index (χ0v) is 23.1. The maximum absolute atomic E-state index is 12.5. The minimum Gasteiger partial charge on any atom is -0.492 e. The van der Waals surface area contributed by atoms with Crippen molar-refractivity contribution >= 4 is 18.2 Å². The van der Waals surface area contributed by atoms with E-state index in [0.717, 1.165) is 22.3 Å². The fraction of sp³-hybridized carbons (Fsp3) is 0.323. The Morgan fingerprint density at radius 1 is 0.850 bits per heavy atom. The van der Waals surface area contributed by atoms with Gasteiger partial charge in [0.1, 0.15) is 24.6 Å². The normalized spacial score (nSPS) is 12.9. The first-order valence-electron chi connectivity index (χ1n) is 13.1. The van der Waals surface area contributed by atoms with Crippen LogP contribution < -0.4 is 15.5 Å². The lowest BCUT2D eigenvalue weighted by atomic mass is 9.98. The second-order valence-electron chi connectivity index (χ2n) is 10.4. The van der Waals surface area contributed by atoms with Crippen LogP contribution in [0.2, 0.25) is 0 Å². The van der Waals surface area contributed by atoms with Gasteiger partial charge in [0.05, 0.1) is 12.5 Å². The second-order valence-corrected chi connectivity index (χ2v) is 10.4. The summed E-state index contributed by atoms with van der Waals surface area (Å²) < 4.78 is 16.2. The van der Waals surface area contributed by atoms with Crippen LogP contribution in [0.4, 0.5) is 9.59 Å². The first-order valence-corrected chi connectivity index (χ1v) is 13.1. The number of carbonyl (C=O) groups excluding carboxylic acids is 3. The SMILES string of the molecule is C[C@@H](C(=O)ONC(=O)OCC1c2ccccc2-c2ccccc21)c1ccc(OCCNC(=O)OC(C)(C)C)cc1. The van der Waals surface area contributed by atoms with Gasteiger partial charge in [-0.05, 0) is 67.6 Å². The third-order valence-electron chi connectivity index (χ3n) is 6.35. The summed E-state index contributed by atoms with van der Waals surface area (Å²) in [5.41, 5.74) is 6.64. The molecule has 0 saturated heterocycles. The van der Waals surface area contributed by atoms with Gasteiger partial charge in [-0.1, -0.05) is 60.7 Å². The number of amides is 2. The van der Waals surface area contributed by atoms with Crippen LogP contribution in [-0.4, -0.2) is 43.5 Å². The molecule has 1 aliphatic rings. The lowest BCUT2D eigenvalue weighted by molar-refractivity contribution is -0.151. The molecule has 0 fully saturated rings. The van der Waals surface area contributed by atoms with E-state index in [1.165, 1.54) is 0 Å². The van der Waals surface area contributed by atoms with Gasteiger partial charge in [-0.15, -0.1) is 5.48 Å². The summed E-state index contributed by atoms with van der Waals surface area (Å²) in [4.78, 5) is 41.5. The lowest BCUT2D eigenvalue weighted by Gasteiger charge is -2.19. The highest BCUT2D eigenvalue weighted by atomic mass is 16.7.